The molecule has 2 aromatic carbocycles. The predicted molar refractivity (Wildman–Crippen MR) is 82.8 cm³/mol. The molecule has 0 aliphatic rings. The molecule has 0 fully saturated rings. The van der Waals surface area contributed by atoms with Crippen molar-refractivity contribution < 1.29 is 9.85 Å². The molecule has 112 valence electrons. The lowest BCUT2D eigenvalue weighted by molar-refractivity contribution is -0.393. The molecular weight excluding hydrogens is 356 g/mol. The Balaban J connectivity index is 2.53. The first-order valence-corrected chi connectivity index (χ1v) is 6.79. The first-order valence-electron chi connectivity index (χ1n) is 6.00. The van der Waals surface area contributed by atoms with Crippen molar-refractivity contribution in [3.05, 3.63) is 66.7 Å². The van der Waals surface area contributed by atoms with Crippen LogP contribution in [0, 0.1) is 27.2 Å². The second-order valence-electron chi connectivity index (χ2n) is 4.30. The molecule has 0 amide bonds. The molecule has 0 unspecified atom stereocenters. The summed E-state index contributed by atoms with van der Waals surface area (Å²) in [5, 5.41) is 29.7. The third-order valence-corrected chi connectivity index (χ3v) is 3.41. The highest BCUT2D eigenvalue weighted by Crippen LogP contribution is 2.39. The van der Waals surface area contributed by atoms with Gasteiger partial charge in [-0.2, -0.15) is 5.11 Å². The largest absolute Gasteiger partial charge is 0.304 e. The Morgan fingerprint density at radius 1 is 1.05 bits per heavy atom. The standard InChI is InChI=1S/C13H9BrN4O4/c1-8-4-2-3-5-11(8)15-16-13-10(14)6-9(17(19)20)7-12(13)18(21)22/h2-7H,1H3. The Morgan fingerprint density at radius 2 is 1.73 bits per heavy atom. The van der Waals surface area contributed by atoms with Crippen LogP contribution in [-0.2, 0) is 0 Å². The molecule has 0 aliphatic heterocycles. The van der Waals surface area contributed by atoms with Gasteiger partial charge < -0.3 is 0 Å². The SMILES string of the molecule is Cc1ccccc1N=Nc1c(Br)cc([N+](=O)[O-])cc1[N+](=O)[O-]. The number of rotatable bonds is 4. The highest BCUT2D eigenvalue weighted by atomic mass is 79.9. The maximum absolute atomic E-state index is 11.1. The van der Waals surface area contributed by atoms with Crippen molar-refractivity contribution in [3.8, 4) is 0 Å². The molecule has 22 heavy (non-hydrogen) atoms. The number of hydrogen-bond donors (Lipinski definition) is 0. The van der Waals surface area contributed by atoms with E-state index in [4.69, 9.17) is 0 Å². The van der Waals surface area contributed by atoms with Gasteiger partial charge in [-0.25, -0.2) is 0 Å². The van der Waals surface area contributed by atoms with Crippen molar-refractivity contribution in [2.75, 3.05) is 0 Å². The fourth-order valence-corrected chi connectivity index (χ4v) is 2.21. The lowest BCUT2D eigenvalue weighted by Gasteiger charge is -2.01. The van der Waals surface area contributed by atoms with Crippen LogP contribution in [0.4, 0.5) is 22.7 Å². The minimum atomic E-state index is -0.732. The van der Waals surface area contributed by atoms with Crippen LogP contribution in [0.2, 0.25) is 0 Å². The number of nitrogens with zero attached hydrogens (tertiary/aromatic N) is 4. The third-order valence-electron chi connectivity index (χ3n) is 2.81. The molecule has 0 saturated heterocycles. The van der Waals surface area contributed by atoms with Crippen LogP contribution in [0.3, 0.4) is 0 Å². The summed E-state index contributed by atoms with van der Waals surface area (Å²) in [6.07, 6.45) is 0. The molecule has 0 radical (unpaired) electrons. The Morgan fingerprint density at radius 3 is 2.32 bits per heavy atom. The van der Waals surface area contributed by atoms with Crippen LogP contribution >= 0.6 is 15.9 Å². The maximum Gasteiger partial charge on any atom is 0.304 e. The van der Waals surface area contributed by atoms with Gasteiger partial charge in [-0.15, -0.1) is 5.11 Å². The van der Waals surface area contributed by atoms with Crippen molar-refractivity contribution in [1.82, 2.24) is 0 Å². The van der Waals surface area contributed by atoms with Gasteiger partial charge in [-0.3, -0.25) is 20.2 Å². The highest BCUT2D eigenvalue weighted by Gasteiger charge is 2.23. The van der Waals surface area contributed by atoms with E-state index in [1.807, 2.05) is 19.1 Å². The van der Waals surface area contributed by atoms with Crippen LogP contribution in [0.1, 0.15) is 5.56 Å². The van der Waals surface area contributed by atoms with Gasteiger partial charge in [0.2, 0.25) is 0 Å². The average Bonchev–Trinajstić information content (AvgIpc) is 2.46. The van der Waals surface area contributed by atoms with Crippen molar-refractivity contribution in [2.24, 2.45) is 10.2 Å². The third kappa shape index (κ3) is 3.31. The van der Waals surface area contributed by atoms with Gasteiger partial charge in [0.05, 0.1) is 26.1 Å². The van der Waals surface area contributed by atoms with E-state index in [-0.39, 0.29) is 10.2 Å². The summed E-state index contributed by atoms with van der Waals surface area (Å²) in [4.78, 5) is 20.4. The minimum absolute atomic E-state index is 0.0705. The number of aryl methyl sites for hydroxylation is 1. The topological polar surface area (TPSA) is 111 Å². The monoisotopic (exact) mass is 364 g/mol. The number of azo groups is 1. The van der Waals surface area contributed by atoms with E-state index < -0.39 is 21.2 Å². The van der Waals surface area contributed by atoms with Crippen molar-refractivity contribution in [1.29, 1.82) is 0 Å². The summed E-state index contributed by atoms with van der Waals surface area (Å²) in [5.41, 5.74) is 0.458. The second-order valence-corrected chi connectivity index (χ2v) is 5.15. The molecule has 0 atom stereocenters. The lowest BCUT2D eigenvalue weighted by atomic mass is 10.2. The van der Waals surface area contributed by atoms with Crippen molar-refractivity contribution in [2.45, 2.75) is 6.92 Å². The van der Waals surface area contributed by atoms with E-state index in [0.717, 1.165) is 17.7 Å². The van der Waals surface area contributed by atoms with Crippen LogP contribution in [0.5, 0.6) is 0 Å². The molecule has 9 heteroatoms. The fourth-order valence-electron chi connectivity index (χ4n) is 1.69. The Labute approximate surface area is 132 Å². The summed E-state index contributed by atoms with van der Waals surface area (Å²) in [6, 6.07) is 9.15. The molecule has 0 N–H and O–H groups in total. The molecule has 0 aromatic heterocycles. The normalized spacial score (nSPS) is 10.8. The molecule has 2 rings (SSSR count). The van der Waals surface area contributed by atoms with E-state index in [1.165, 1.54) is 0 Å². The summed E-state index contributed by atoms with van der Waals surface area (Å²) in [5.74, 6) is 0. The van der Waals surface area contributed by atoms with Crippen molar-refractivity contribution in [3.63, 3.8) is 0 Å². The quantitative estimate of drug-likeness (QED) is 0.432. The average molecular weight is 365 g/mol. The molecule has 0 aliphatic carbocycles. The number of halogens is 1. The summed E-state index contributed by atoms with van der Waals surface area (Å²) in [7, 11) is 0. The number of hydrogen-bond acceptors (Lipinski definition) is 6. The van der Waals surface area contributed by atoms with Gasteiger partial charge in [-0.1, -0.05) is 18.2 Å². The van der Waals surface area contributed by atoms with Crippen LogP contribution in [-0.4, -0.2) is 9.85 Å². The van der Waals surface area contributed by atoms with Crippen LogP contribution in [0.15, 0.2) is 51.1 Å². The number of nitro benzene ring substituents is 2. The van der Waals surface area contributed by atoms with E-state index >= 15 is 0 Å². The predicted octanol–water partition coefficient (Wildman–Crippen LogP) is 4.99. The van der Waals surface area contributed by atoms with Gasteiger partial charge in [-0.05, 0) is 34.5 Å². The first kappa shape index (κ1) is 15.7. The van der Waals surface area contributed by atoms with E-state index in [1.54, 1.807) is 12.1 Å². The molecule has 8 nitrogen and oxygen atoms in total. The number of benzene rings is 2. The summed E-state index contributed by atoms with van der Waals surface area (Å²) in [6.45, 7) is 1.83. The smallest absolute Gasteiger partial charge is 0.258 e. The van der Waals surface area contributed by atoms with Crippen LogP contribution < -0.4 is 0 Å². The second kappa shape index (κ2) is 6.39. The molecule has 0 heterocycles. The van der Waals surface area contributed by atoms with E-state index in [0.29, 0.717) is 5.69 Å². The zero-order valence-corrected chi connectivity index (χ0v) is 12.8. The van der Waals surface area contributed by atoms with E-state index in [9.17, 15) is 20.2 Å². The molecule has 2 aromatic rings. The van der Waals surface area contributed by atoms with Gasteiger partial charge in [0.25, 0.3) is 5.69 Å². The Kier molecular flexibility index (Phi) is 4.56. The molecular formula is C13H9BrN4O4. The Bertz CT molecular complexity index is 792. The molecule has 0 saturated carbocycles. The molecule has 0 spiro atoms. The first-order chi connectivity index (χ1) is 10.4. The van der Waals surface area contributed by atoms with Crippen molar-refractivity contribution >= 4 is 38.7 Å². The fraction of sp³-hybridized carbons (Fsp3) is 0.0769. The summed E-state index contributed by atoms with van der Waals surface area (Å²) < 4.78 is 0.130. The van der Waals surface area contributed by atoms with Gasteiger partial charge in [0.1, 0.15) is 0 Å². The van der Waals surface area contributed by atoms with Crippen LogP contribution in [0.25, 0.3) is 0 Å². The highest BCUT2D eigenvalue weighted by molar-refractivity contribution is 9.10. The van der Waals surface area contributed by atoms with Gasteiger partial charge >= 0.3 is 5.69 Å². The number of nitro groups is 2. The maximum atomic E-state index is 11.1. The Hall–Kier alpha value is -2.68. The minimum Gasteiger partial charge on any atom is -0.258 e. The lowest BCUT2D eigenvalue weighted by Crippen LogP contribution is -1.93. The molecule has 0 bridgehead atoms. The van der Waals surface area contributed by atoms with Gasteiger partial charge in [0.15, 0.2) is 5.69 Å². The van der Waals surface area contributed by atoms with E-state index in [2.05, 4.69) is 26.2 Å². The number of non-ortho nitro benzene ring substituents is 1. The zero-order valence-electron chi connectivity index (χ0n) is 11.3. The zero-order chi connectivity index (χ0) is 16.3. The van der Waals surface area contributed by atoms with Gasteiger partial charge in [0, 0.05) is 6.07 Å². The summed E-state index contributed by atoms with van der Waals surface area (Å²) >= 11 is 3.06.